The predicted molar refractivity (Wildman–Crippen MR) is 92.6 cm³/mol. The summed E-state index contributed by atoms with van der Waals surface area (Å²) in [4.78, 5) is 12.1. The highest BCUT2D eigenvalue weighted by molar-refractivity contribution is 5.71. The summed E-state index contributed by atoms with van der Waals surface area (Å²) in [6.07, 6.45) is 9.37. The molecule has 23 heavy (non-hydrogen) atoms. The number of pyridine rings is 1. The highest BCUT2D eigenvalue weighted by atomic mass is 15.2. The van der Waals surface area contributed by atoms with Crippen LogP contribution in [0.5, 0.6) is 0 Å². The van der Waals surface area contributed by atoms with Gasteiger partial charge in [-0.15, -0.1) is 0 Å². The van der Waals surface area contributed by atoms with Gasteiger partial charge in [0.2, 0.25) is 0 Å². The molecule has 0 aromatic carbocycles. The summed E-state index contributed by atoms with van der Waals surface area (Å²) in [6, 6.07) is 5.21. The molecule has 2 aromatic heterocycles. The molecule has 0 aliphatic carbocycles. The van der Waals surface area contributed by atoms with Crippen molar-refractivity contribution in [2.45, 2.75) is 50.6 Å². The number of likely N-dealkylation sites (N-methyl/N-ethyl adjacent to an activating group) is 1. The van der Waals surface area contributed by atoms with Crippen LogP contribution in [0, 0.1) is 0 Å². The standard InChI is InChI=1S/C18H27N5/c1-22-11-3-2-6-14(22)12-17-21-16-8-5-10-20-18(16)23(17)15-7-4-9-19-13-15/h5,8,10,14-15,19H,2-4,6-7,9,11-13H2,1H3. The number of rotatable bonds is 3. The summed E-state index contributed by atoms with van der Waals surface area (Å²) >= 11 is 0. The van der Waals surface area contributed by atoms with Crippen LogP contribution < -0.4 is 5.32 Å². The average molecular weight is 313 g/mol. The summed E-state index contributed by atoms with van der Waals surface area (Å²) < 4.78 is 2.43. The van der Waals surface area contributed by atoms with Crippen molar-refractivity contribution in [3.05, 3.63) is 24.2 Å². The maximum absolute atomic E-state index is 4.96. The minimum absolute atomic E-state index is 0.493. The second kappa shape index (κ2) is 6.57. The third-order valence-corrected chi connectivity index (χ3v) is 5.50. The van der Waals surface area contributed by atoms with Gasteiger partial charge in [-0.1, -0.05) is 6.42 Å². The molecule has 2 atom stereocenters. The molecule has 2 aromatic rings. The molecule has 2 aliphatic rings. The summed E-state index contributed by atoms with van der Waals surface area (Å²) in [5.74, 6) is 1.23. The van der Waals surface area contributed by atoms with Gasteiger partial charge in [-0.2, -0.15) is 0 Å². The third kappa shape index (κ3) is 3.00. The van der Waals surface area contributed by atoms with E-state index in [0.717, 1.165) is 30.7 Å². The van der Waals surface area contributed by atoms with Crippen LogP contribution in [0.15, 0.2) is 18.3 Å². The van der Waals surface area contributed by atoms with Crippen molar-refractivity contribution in [2.75, 3.05) is 26.7 Å². The van der Waals surface area contributed by atoms with Gasteiger partial charge in [-0.3, -0.25) is 0 Å². The van der Waals surface area contributed by atoms with Gasteiger partial charge in [-0.25, -0.2) is 9.97 Å². The zero-order valence-corrected chi connectivity index (χ0v) is 14.0. The summed E-state index contributed by atoms with van der Waals surface area (Å²) in [5.41, 5.74) is 2.11. The molecule has 124 valence electrons. The first-order valence-corrected chi connectivity index (χ1v) is 9.06. The Morgan fingerprint density at radius 1 is 1.26 bits per heavy atom. The lowest BCUT2D eigenvalue weighted by Gasteiger charge is -2.33. The molecule has 0 bridgehead atoms. The predicted octanol–water partition coefficient (Wildman–Crippen LogP) is 2.38. The molecule has 0 saturated carbocycles. The fourth-order valence-corrected chi connectivity index (χ4v) is 4.17. The Bertz CT molecular complexity index is 658. The van der Waals surface area contributed by atoms with Gasteiger partial charge in [0.15, 0.2) is 5.65 Å². The molecule has 5 heteroatoms. The van der Waals surface area contributed by atoms with Crippen molar-refractivity contribution in [3.8, 4) is 0 Å². The molecule has 5 nitrogen and oxygen atoms in total. The van der Waals surface area contributed by atoms with Gasteiger partial charge >= 0.3 is 0 Å². The first-order valence-electron chi connectivity index (χ1n) is 9.06. The van der Waals surface area contributed by atoms with Gasteiger partial charge in [0.25, 0.3) is 0 Å². The lowest BCUT2D eigenvalue weighted by atomic mass is 9.99. The van der Waals surface area contributed by atoms with Crippen LogP contribution in [-0.2, 0) is 6.42 Å². The Balaban J connectivity index is 1.69. The number of fused-ring (bicyclic) bond motifs is 1. The van der Waals surface area contributed by atoms with Crippen molar-refractivity contribution >= 4 is 11.2 Å². The van der Waals surface area contributed by atoms with Crippen molar-refractivity contribution in [2.24, 2.45) is 0 Å². The maximum Gasteiger partial charge on any atom is 0.160 e. The topological polar surface area (TPSA) is 46.0 Å². The van der Waals surface area contributed by atoms with Crippen molar-refractivity contribution in [3.63, 3.8) is 0 Å². The number of likely N-dealkylation sites (tertiary alicyclic amines) is 1. The Morgan fingerprint density at radius 3 is 3.04 bits per heavy atom. The average Bonchev–Trinajstić information content (AvgIpc) is 2.95. The zero-order valence-electron chi connectivity index (χ0n) is 14.0. The maximum atomic E-state index is 4.96. The van der Waals surface area contributed by atoms with E-state index in [2.05, 4.69) is 32.9 Å². The van der Waals surface area contributed by atoms with Gasteiger partial charge < -0.3 is 14.8 Å². The molecular weight excluding hydrogens is 286 g/mol. The van der Waals surface area contributed by atoms with E-state index in [-0.39, 0.29) is 0 Å². The molecule has 2 saturated heterocycles. The number of piperidine rings is 2. The Hall–Kier alpha value is -1.46. The van der Waals surface area contributed by atoms with E-state index in [1.165, 1.54) is 44.5 Å². The molecule has 2 aliphatic heterocycles. The first kappa shape index (κ1) is 15.1. The van der Waals surface area contributed by atoms with E-state index in [4.69, 9.17) is 4.98 Å². The molecule has 4 rings (SSSR count). The Morgan fingerprint density at radius 2 is 2.22 bits per heavy atom. The van der Waals surface area contributed by atoms with Gasteiger partial charge in [-0.05, 0) is 58.0 Å². The van der Waals surface area contributed by atoms with Crippen molar-refractivity contribution in [1.29, 1.82) is 0 Å². The Kier molecular flexibility index (Phi) is 4.31. The minimum atomic E-state index is 0.493. The molecule has 2 unspecified atom stereocenters. The normalized spacial score (nSPS) is 26.7. The van der Waals surface area contributed by atoms with E-state index in [9.17, 15) is 0 Å². The van der Waals surface area contributed by atoms with Gasteiger partial charge in [0.05, 0.1) is 0 Å². The monoisotopic (exact) mass is 313 g/mol. The van der Waals surface area contributed by atoms with Crippen LogP contribution in [-0.4, -0.2) is 52.2 Å². The second-order valence-corrected chi connectivity index (χ2v) is 7.08. The van der Waals surface area contributed by atoms with Gasteiger partial charge in [0, 0.05) is 31.2 Å². The summed E-state index contributed by atoms with van der Waals surface area (Å²) in [7, 11) is 2.26. The molecule has 0 spiro atoms. The lowest BCUT2D eigenvalue weighted by molar-refractivity contribution is 0.180. The SMILES string of the molecule is CN1CCCCC1Cc1nc2cccnc2n1C1CCCNC1. The van der Waals surface area contributed by atoms with Crippen LogP contribution in [0.25, 0.3) is 11.2 Å². The van der Waals surface area contributed by atoms with Gasteiger partial charge in [0.1, 0.15) is 11.3 Å². The molecule has 0 amide bonds. The number of aromatic nitrogens is 3. The minimum Gasteiger partial charge on any atom is -0.315 e. The van der Waals surface area contributed by atoms with Crippen LogP contribution in [0.1, 0.15) is 44.0 Å². The quantitative estimate of drug-likeness (QED) is 0.945. The summed E-state index contributed by atoms with van der Waals surface area (Å²) in [6.45, 7) is 3.39. The molecular formula is C18H27N5. The van der Waals surface area contributed by atoms with E-state index >= 15 is 0 Å². The largest absolute Gasteiger partial charge is 0.315 e. The van der Waals surface area contributed by atoms with Crippen LogP contribution in [0.2, 0.25) is 0 Å². The van der Waals surface area contributed by atoms with E-state index in [0.29, 0.717) is 12.1 Å². The van der Waals surface area contributed by atoms with Crippen LogP contribution in [0.3, 0.4) is 0 Å². The van der Waals surface area contributed by atoms with Crippen LogP contribution >= 0.6 is 0 Å². The second-order valence-electron chi connectivity index (χ2n) is 7.08. The molecule has 4 heterocycles. The lowest BCUT2D eigenvalue weighted by Crippen LogP contribution is -2.39. The molecule has 1 N–H and O–H groups in total. The number of nitrogens with zero attached hydrogens (tertiary/aromatic N) is 4. The zero-order chi connectivity index (χ0) is 15.6. The number of hydrogen-bond donors (Lipinski definition) is 1. The smallest absolute Gasteiger partial charge is 0.160 e. The van der Waals surface area contributed by atoms with Crippen molar-refractivity contribution in [1.82, 2.24) is 24.8 Å². The molecule has 0 radical (unpaired) electrons. The highest BCUT2D eigenvalue weighted by Gasteiger charge is 2.26. The molecule has 2 fully saturated rings. The van der Waals surface area contributed by atoms with E-state index in [1.54, 1.807) is 0 Å². The number of nitrogens with one attached hydrogen (secondary N) is 1. The highest BCUT2D eigenvalue weighted by Crippen LogP contribution is 2.27. The summed E-state index contributed by atoms with van der Waals surface area (Å²) in [5, 5.41) is 3.54. The van der Waals surface area contributed by atoms with E-state index < -0.39 is 0 Å². The van der Waals surface area contributed by atoms with E-state index in [1.807, 2.05) is 12.3 Å². The van der Waals surface area contributed by atoms with Crippen LogP contribution in [0.4, 0.5) is 0 Å². The Labute approximate surface area is 138 Å². The fraction of sp³-hybridized carbons (Fsp3) is 0.667. The fourth-order valence-electron chi connectivity index (χ4n) is 4.17. The van der Waals surface area contributed by atoms with Crippen molar-refractivity contribution < 1.29 is 0 Å². The number of imidazole rings is 1. The third-order valence-electron chi connectivity index (χ3n) is 5.50. The number of hydrogen-bond acceptors (Lipinski definition) is 4. The first-order chi connectivity index (χ1) is 11.3.